The number of fused-ring (bicyclic) bond motifs is 1. The van der Waals surface area contributed by atoms with Crippen molar-refractivity contribution in [3.63, 3.8) is 0 Å². The van der Waals surface area contributed by atoms with Gasteiger partial charge >= 0.3 is 0 Å². The number of aryl methyl sites for hydroxylation is 1. The molecule has 1 fully saturated rings. The number of aliphatic hydroxyl groups is 1. The van der Waals surface area contributed by atoms with Crippen LogP contribution in [0.2, 0.25) is 0 Å². The van der Waals surface area contributed by atoms with Crippen LogP contribution in [0.25, 0.3) is 5.65 Å². The Bertz CT molecular complexity index is 733. The number of pyridine rings is 1. The van der Waals surface area contributed by atoms with Gasteiger partial charge in [-0.05, 0) is 38.8 Å². The number of aromatic nitrogens is 2. The van der Waals surface area contributed by atoms with Gasteiger partial charge in [-0.1, -0.05) is 6.07 Å². The zero-order valence-corrected chi connectivity index (χ0v) is 13.0. The molecule has 5 nitrogen and oxygen atoms in total. The highest BCUT2D eigenvalue weighted by Crippen LogP contribution is 2.28. The Morgan fingerprint density at radius 3 is 2.82 bits per heavy atom. The Kier molecular flexibility index (Phi) is 3.44. The van der Waals surface area contributed by atoms with E-state index in [0.29, 0.717) is 25.2 Å². The molecule has 1 amide bonds. The van der Waals surface area contributed by atoms with Crippen LogP contribution < -0.4 is 0 Å². The third-order valence-electron chi connectivity index (χ3n) is 4.39. The van der Waals surface area contributed by atoms with Crippen molar-refractivity contribution in [1.82, 2.24) is 14.3 Å². The quantitative estimate of drug-likeness (QED) is 0.923. The molecule has 6 heteroatoms. The number of amides is 1. The molecule has 1 aliphatic heterocycles. The lowest BCUT2D eigenvalue weighted by atomic mass is 9.90. The van der Waals surface area contributed by atoms with E-state index in [9.17, 15) is 14.3 Å². The largest absolute Gasteiger partial charge is 0.390 e. The lowest BCUT2D eigenvalue weighted by Gasteiger charge is -2.25. The van der Waals surface area contributed by atoms with Crippen molar-refractivity contribution in [2.75, 3.05) is 13.1 Å². The first kappa shape index (κ1) is 15.0. The molecule has 2 aromatic rings. The van der Waals surface area contributed by atoms with Gasteiger partial charge in [0.25, 0.3) is 5.91 Å². The normalized spacial score (nSPS) is 19.1. The molecule has 22 heavy (non-hydrogen) atoms. The van der Waals surface area contributed by atoms with Gasteiger partial charge in [0.05, 0.1) is 5.60 Å². The van der Waals surface area contributed by atoms with Crippen LogP contribution in [-0.2, 0) is 0 Å². The fourth-order valence-corrected chi connectivity index (χ4v) is 2.93. The van der Waals surface area contributed by atoms with Crippen molar-refractivity contribution in [1.29, 1.82) is 0 Å². The molecule has 0 bridgehead atoms. The first-order valence-electron chi connectivity index (χ1n) is 7.43. The molecular formula is C16H20FN3O2. The summed E-state index contributed by atoms with van der Waals surface area (Å²) in [5, 5.41) is 10.1. The van der Waals surface area contributed by atoms with Crippen LogP contribution in [-0.4, -0.2) is 44.0 Å². The van der Waals surface area contributed by atoms with Crippen LogP contribution in [0.15, 0.2) is 18.3 Å². The zero-order chi connectivity index (χ0) is 16.1. The van der Waals surface area contributed by atoms with Gasteiger partial charge in [-0.2, -0.15) is 4.39 Å². The van der Waals surface area contributed by atoms with Gasteiger partial charge in [0.2, 0.25) is 5.95 Å². The third kappa shape index (κ3) is 2.47. The number of hydrogen-bond donors (Lipinski definition) is 1. The Morgan fingerprint density at radius 1 is 1.45 bits per heavy atom. The molecule has 0 aliphatic carbocycles. The number of imidazole rings is 1. The van der Waals surface area contributed by atoms with E-state index >= 15 is 0 Å². The molecule has 118 valence electrons. The van der Waals surface area contributed by atoms with Gasteiger partial charge in [-0.3, -0.25) is 9.20 Å². The van der Waals surface area contributed by atoms with Crippen molar-refractivity contribution >= 4 is 11.6 Å². The Balaban J connectivity index is 1.89. The van der Waals surface area contributed by atoms with E-state index < -0.39 is 17.5 Å². The molecule has 1 atom stereocenters. The van der Waals surface area contributed by atoms with Gasteiger partial charge in [0, 0.05) is 25.2 Å². The predicted molar refractivity (Wildman–Crippen MR) is 80.2 cm³/mol. The lowest BCUT2D eigenvalue weighted by molar-refractivity contribution is 0.0210. The minimum Gasteiger partial charge on any atom is -0.390 e. The minimum absolute atomic E-state index is 0.00112. The molecule has 2 aromatic heterocycles. The molecule has 0 aromatic carbocycles. The van der Waals surface area contributed by atoms with E-state index in [1.54, 1.807) is 31.0 Å². The highest BCUT2D eigenvalue weighted by Gasteiger charge is 2.37. The van der Waals surface area contributed by atoms with E-state index in [2.05, 4.69) is 4.98 Å². The summed E-state index contributed by atoms with van der Waals surface area (Å²) in [4.78, 5) is 18.2. The standard InChI is InChI=1S/C16H20FN3O2/c1-10-4-5-12-18-13(14(17)20(12)8-10)15(21)19-7-6-11(9-19)16(2,3)22/h4-5,8,11,22H,6-7,9H2,1-3H3. The highest BCUT2D eigenvalue weighted by atomic mass is 19.1. The van der Waals surface area contributed by atoms with Crippen molar-refractivity contribution in [3.05, 3.63) is 35.5 Å². The summed E-state index contributed by atoms with van der Waals surface area (Å²) in [5.74, 6) is -1.04. The summed E-state index contributed by atoms with van der Waals surface area (Å²) < 4.78 is 15.7. The van der Waals surface area contributed by atoms with Crippen molar-refractivity contribution in [3.8, 4) is 0 Å². The lowest BCUT2D eigenvalue weighted by Crippen LogP contribution is -2.35. The van der Waals surface area contributed by atoms with Gasteiger partial charge in [-0.25, -0.2) is 4.98 Å². The summed E-state index contributed by atoms with van der Waals surface area (Å²) in [6.45, 7) is 6.27. The smallest absolute Gasteiger partial charge is 0.277 e. The summed E-state index contributed by atoms with van der Waals surface area (Å²) in [7, 11) is 0. The fraction of sp³-hybridized carbons (Fsp3) is 0.500. The van der Waals surface area contributed by atoms with Crippen molar-refractivity contribution < 1.29 is 14.3 Å². The summed E-state index contributed by atoms with van der Waals surface area (Å²) >= 11 is 0. The molecule has 3 rings (SSSR count). The second-order valence-corrected chi connectivity index (χ2v) is 6.58. The molecule has 1 N–H and O–H groups in total. The topological polar surface area (TPSA) is 57.8 Å². The molecule has 3 heterocycles. The second-order valence-electron chi connectivity index (χ2n) is 6.58. The summed E-state index contributed by atoms with van der Waals surface area (Å²) in [5.41, 5.74) is 0.321. The van der Waals surface area contributed by atoms with Gasteiger partial charge in [-0.15, -0.1) is 0 Å². The molecule has 0 spiro atoms. The molecule has 0 saturated carbocycles. The molecule has 1 aliphatic rings. The van der Waals surface area contributed by atoms with Crippen LogP contribution in [0.1, 0.15) is 36.3 Å². The average Bonchev–Trinajstić information content (AvgIpc) is 3.04. The van der Waals surface area contributed by atoms with E-state index in [1.165, 1.54) is 4.40 Å². The molecular weight excluding hydrogens is 285 g/mol. The number of hydrogen-bond acceptors (Lipinski definition) is 3. The van der Waals surface area contributed by atoms with Gasteiger partial charge in [0.15, 0.2) is 5.69 Å². The van der Waals surface area contributed by atoms with E-state index in [1.807, 2.05) is 13.0 Å². The second kappa shape index (κ2) is 5.05. The Morgan fingerprint density at radius 2 is 2.18 bits per heavy atom. The third-order valence-corrected chi connectivity index (χ3v) is 4.39. The molecule has 0 radical (unpaired) electrons. The first-order chi connectivity index (χ1) is 10.3. The van der Waals surface area contributed by atoms with Crippen molar-refractivity contribution in [2.24, 2.45) is 5.92 Å². The van der Waals surface area contributed by atoms with Crippen LogP contribution in [0, 0.1) is 18.8 Å². The number of rotatable bonds is 2. The Labute approximate surface area is 128 Å². The minimum atomic E-state index is -0.844. The predicted octanol–water partition coefficient (Wildman–Crippen LogP) is 2.01. The average molecular weight is 305 g/mol. The van der Waals surface area contributed by atoms with Gasteiger partial charge in [0.1, 0.15) is 5.65 Å². The maximum Gasteiger partial charge on any atom is 0.277 e. The number of likely N-dealkylation sites (tertiary alicyclic amines) is 1. The number of carbonyl (C=O) groups is 1. The fourth-order valence-electron chi connectivity index (χ4n) is 2.93. The number of nitrogens with zero attached hydrogens (tertiary/aromatic N) is 3. The molecule has 1 unspecified atom stereocenters. The summed E-state index contributed by atoms with van der Waals surface area (Å²) in [6, 6.07) is 3.52. The van der Waals surface area contributed by atoms with Gasteiger partial charge < -0.3 is 10.0 Å². The van der Waals surface area contributed by atoms with E-state index in [-0.39, 0.29) is 11.6 Å². The molecule has 1 saturated heterocycles. The maximum atomic E-state index is 14.4. The van der Waals surface area contributed by atoms with E-state index in [0.717, 1.165) is 5.56 Å². The SMILES string of the molecule is Cc1ccc2nc(C(=O)N3CCC(C(C)(C)O)C3)c(F)n2c1. The van der Waals surface area contributed by atoms with Crippen LogP contribution in [0.4, 0.5) is 4.39 Å². The summed E-state index contributed by atoms with van der Waals surface area (Å²) in [6.07, 6.45) is 2.33. The zero-order valence-electron chi connectivity index (χ0n) is 13.0. The highest BCUT2D eigenvalue weighted by molar-refractivity contribution is 5.93. The Hall–Kier alpha value is -1.95. The van der Waals surface area contributed by atoms with Crippen LogP contribution in [0.5, 0.6) is 0 Å². The van der Waals surface area contributed by atoms with Crippen LogP contribution in [0.3, 0.4) is 0 Å². The van der Waals surface area contributed by atoms with Crippen molar-refractivity contribution in [2.45, 2.75) is 32.8 Å². The van der Waals surface area contributed by atoms with E-state index in [4.69, 9.17) is 0 Å². The number of carbonyl (C=O) groups excluding carboxylic acids is 1. The monoisotopic (exact) mass is 305 g/mol. The van der Waals surface area contributed by atoms with Crippen LogP contribution >= 0.6 is 0 Å². The number of halogens is 1. The first-order valence-corrected chi connectivity index (χ1v) is 7.43. The maximum absolute atomic E-state index is 14.4.